The first-order chi connectivity index (χ1) is 9.04. The zero-order valence-corrected chi connectivity index (χ0v) is 14.0. The maximum atomic E-state index is 6.38. The van der Waals surface area contributed by atoms with Gasteiger partial charge in [0.25, 0.3) is 0 Å². The first-order valence-electron chi connectivity index (χ1n) is 5.88. The summed E-state index contributed by atoms with van der Waals surface area (Å²) in [5.41, 5.74) is 9.55. The van der Waals surface area contributed by atoms with Crippen LogP contribution in [0.5, 0.6) is 5.75 Å². The van der Waals surface area contributed by atoms with Gasteiger partial charge in [-0.2, -0.15) is 0 Å². The minimum Gasteiger partial charge on any atom is -0.496 e. The number of hydrogen-bond donors (Lipinski definition) is 1. The normalized spacial score (nSPS) is 12.3. The number of nitrogens with two attached hydrogens (primary N) is 1. The van der Waals surface area contributed by atoms with E-state index in [1.807, 2.05) is 31.2 Å². The van der Waals surface area contributed by atoms with E-state index >= 15 is 0 Å². The number of benzene rings is 2. The summed E-state index contributed by atoms with van der Waals surface area (Å²) in [6, 6.07) is 11.7. The third-order valence-corrected chi connectivity index (χ3v) is 4.63. The summed E-state index contributed by atoms with van der Waals surface area (Å²) in [7, 11) is 1.66. The number of para-hydroxylation sites is 1. The predicted molar refractivity (Wildman–Crippen MR) is 85.6 cm³/mol. The smallest absolute Gasteiger partial charge is 0.123 e. The molecule has 100 valence electrons. The number of aryl methyl sites for hydroxylation is 1. The Hall–Kier alpha value is -0.840. The Morgan fingerprint density at radius 1 is 1.05 bits per heavy atom. The Morgan fingerprint density at radius 2 is 1.74 bits per heavy atom. The fraction of sp³-hybridized carbons (Fsp3) is 0.200. The molecule has 2 nitrogen and oxygen atoms in total. The summed E-state index contributed by atoms with van der Waals surface area (Å²) in [5, 5.41) is 0. The Bertz CT molecular complexity index is 599. The van der Waals surface area contributed by atoms with Crippen molar-refractivity contribution < 1.29 is 4.74 Å². The van der Waals surface area contributed by atoms with Crippen molar-refractivity contribution in [3.05, 3.63) is 62.0 Å². The van der Waals surface area contributed by atoms with Crippen LogP contribution < -0.4 is 10.5 Å². The van der Waals surface area contributed by atoms with Crippen molar-refractivity contribution in [2.45, 2.75) is 13.0 Å². The lowest BCUT2D eigenvalue weighted by atomic mass is 9.98. The second-order valence-corrected chi connectivity index (χ2v) is 6.05. The van der Waals surface area contributed by atoms with Gasteiger partial charge >= 0.3 is 0 Å². The van der Waals surface area contributed by atoms with Gasteiger partial charge in [-0.1, -0.05) is 50.1 Å². The largest absolute Gasteiger partial charge is 0.496 e. The summed E-state index contributed by atoms with van der Waals surface area (Å²) in [4.78, 5) is 0. The van der Waals surface area contributed by atoms with Crippen LogP contribution in [0.3, 0.4) is 0 Å². The summed E-state index contributed by atoms with van der Waals surface area (Å²) < 4.78 is 7.43. The molecule has 4 heteroatoms. The number of methoxy groups -OCH3 is 1. The van der Waals surface area contributed by atoms with E-state index in [1.54, 1.807) is 7.11 Å². The molecule has 0 saturated carbocycles. The molecule has 2 rings (SSSR count). The zero-order chi connectivity index (χ0) is 14.0. The molecule has 0 fully saturated rings. The first kappa shape index (κ1) is 14.6. The standard InChI is InChI=1S/C15H15Br2NO/c1-9-7-13(17)11(8-12(9)16)15(18)10-5-3-4-6-14(10)19-2/h3-8,15H,18H2,1-2H3. The van der Waals surface area contributed by atoms with Crippen molar-refractivity contribution in [2.24, 2.45) is 5.73 Å². The van der Waals surface area contributed by atoms with Crippen LogP contribution in [-0.4, -0.2) is 7.11 Å². The lowest BCUT2D eigenvalue weighted by molar-refractivity contribution is 0.408. The van der Waals surface area contributed by atoms with Crippen molar-refractivity contribution in [3.8, 4) is 5.75 Å². The predicted octanol–water partition coefficient (Wildman–Crippen LogP) is 4.58. The Kier molecular flexibility index (Phi) is 4.66. The fourth-order valence-corrected chi connectivity index (χ4v) is 3.06. The average Bonchev–Trinajstić information content (AvgIpc) is 2.42. The van der Waals surface area contributed by atoms with Crippen molar-refractivity contribution in [3.63, 3.8) is 0 Å². The van der Waals surface area contributed by atoms with E-state index in [9.17, 15) is 0 Å². The van der Waals surface area contributed by atoms with Crippen molar-refractivity contribution >= 4 is 31.9 Å². The number of halogens is 2. The van der Waals surface area contributed by atoms with Crippen LogP contribution in [0.1, 0.15) is 22.7 Å². The van der Waals surface area contributed by atoms with Crippen LogP contribution in [0.15, 0.2) is 45.3 Å². The van der Waals surface area contributed by atoms with Gasteiger partial charge in [0.2, 0.25) is 0 Å². The lowest BCUT2D eigenvalue weighted by Crippen LogP contribution is -2.14. The molecule has 0 radical (unpaired) electrons. The zero-order valence-electron chi connectivity index (χ0n) is 10.8. The molecule has 0 aliphatic rings. The molecule has 0 heterocycles. The van der Waals surface area contributed by atoms with E-state index < -0.39 is 0 Å². The Balaban J connectivity index is 2.50. The van der Waals surface area contributed by atoms with Crippen LogP contribution in [-0.2, 0) is 0 Å². The first-order valence-corrected chi connectivity index (χ1v) is 7.47. The second kappa shape index (κ2) is 6.07. The molecule has 1 unspecified atom stereocenters. The summed E-state index contributed by atoms with van der Waals surface area (Å²) in [5.74, 6) is 0.804. The van der Waals surface area contributed by atoms with Gasteiger partial charge in [0, 0.05) is 14.5 Å². The van der Waals surface area contributed by atoms with E-state index in [0.29, 0.717) is 0 Å². The quantitative estimate of drug-likeness (QED) is 0.840. The maximum absolute atomic E-state index is 6.38. The van der Waals surface area contributed by atoms with E-state index in [2.05, 4.69) is 44.0 Å². The summed E-state index contributed by atoms with van der Waals surface area (Å²) in [6.45, 7) is 2.05. The van der Waals surface area contributed by atoms with E-state index in [4.69, 9.17) is 10.5 Å². The minimum absolute atomic E-state index is 0.234. The average molecular weight is 385 g/mol. The molecule has 19 heavy (non-hydrogen) atoms. The highest BCUT2D eigenvalue weighted by Crippen LogP contribution is 2.34. The van der Waals surface area contributed by atoms with Crippen LogP contribution in [0.25, 0.3) is 0 Å². The van der Waals surface area contributed by atoms with Gasteiger partial charge in [-0.25, -0.2) is 0 Å². The van der Waals surface area contributed by atoms with Crippen LogP contribution in [0.4, 0.5) is 0 Å². The van der Waals surface area contributed by atoms with Crippen LogP contribution >= 0.6 is 31.9 Å². The van der Waals surface area contributed by atoms with Gasteiger partial charge in [-0.05, 0) is 36.2 Å². The molecule has 0 aliphatic heterocycles. The molecule has 0 aliphatic carbocycles. The van der Waals surface area contributed by atoms with Gasteiger partial charge in [0.05, 0.1) is 13.2 Å². The monoisotopic (exact) mass is 383 g/mol. The molecule has 2 aromatic rings. The maximum Gasteiger partial charge on any atom is 0.123 e. The minimum atomic E-state index is -0.234. The third-order valence-electron chi connectivity index (χ3n) is 3.09. The topological polar surface area (TPSA) is 35.2 Å². The summed E-state index contributed by atoms with van der Waals surface area (Å²) >= 11 is 7.13. The van der Waals surface area contributed by atoms with E-state index in [1.165, 1.54) is 5.56 Å². The SMILES string of the molecule is COc1ccccc1C(N)c1cc(Br)c(C)cc1Br. The van der Waals surface area contributed by atoms with Crippen LogP contribution in [0.2, 0.25) is 0 Å². The van der Waals surface area contributed by atoms with Gasteiger partial charge < -0.3 is 10.5 Å². The van der Waals surface area contributed by atoms with Gasteiger partial charge in [-0.3, -0.25) is 0 Å². The van der Waals surface area contributed by atoms with Crippen molar-refractivity contribution in [2.75, 3.05) is 7.11 Å². The molecule has 1 atom stereocenters. The molecule has 0 aromatic heterocycles. The van der Waals surface area contributed by atoms with Crippen molar-refractivity contribution in [1.29, 1.82) is 0 Å². The molecule has 0 spiro atoms. The van der Waals surface area contributed by atoms with E-state index in [-0.39, 0.29) is 6.04 Å². The molecule has 2 N–H and O–H groups in total. The molecule has 0 bridgehead atoms. The highest BCUT2D eigenvalue weighted by molar-refractivity contribution is 9.11. The summed E-state index contributed by atoms with van der Waals surface area (Å²) in [6.07, 6.45) is 0. The second-order valence-electron chi connectivity index (χ2n) is 4.34. The van der Waals surface area contributed by atoms with Crippen LogP contribution in [0, 0.1) is 6.92 Å². The Morgan fingerprint density at radius 3 is 2.42 bits per heavy atom. The van der Waals surface area contributed by atoms with E-state index in [0.717, 1.165) is 25.8 Å². The molecule has 0 amide bonds. The molecular weight excluding hydrogens is 370 g/mol. The Labute approximate surface area is 130 Å². The van der Waals surface area contributed by atoms with Gasteiger partial charge in [-0.15, -0.1) is 0 Å². The van der Waals surface area contributed by atoms with Gasteiger partial charge in [0.1, 0.15) is 5.75 Å². The molecular formula is C15H15Br2NO. The molecule has 2 aromatic carbocycles. The lowest BCUT2D eigenvalue weighted by Gasteiger charge is -2.18. The highest BCUT2D eigenvalue weighted by atomic mass is 79.9. The third kappa shape index (κ3) is 3.02. The highest BCUT2D eigenvalue weighted by Gasteiger charge is 2.17. The fourth-order valence-electron chi connectivity index (χ4n) is 1.99. The van der Waals surface area contributed by atoms with Gasteiger partial charge in [0.15, 0.2) is 0 Å². The number of hydrogen-bond acceptors (Lipinski definition) is 2. The molecule has 0 saturated heterocycles. The van der Waals surface area contributed by atoms with Crippen molar-refractivity contribution in [1.82, 2.24) is 0 Å². The number of rotatable bonds is 3. The number of ether oxygens (including phenoxy) is 1.